The predicted molar refractivity (Wildman–Crippen MR) is 193 cm³/mol. The molecule has 0 saturated heterocycles. The molecule has 0 atom stereocenters. The molecular weight excluding hydrogens is 724 g/mol. The van der Waals surface area contributed by atoms with Crippen LogP contribution in [0.3, 0.4) is 0 Å². The molecule has 0 aromatic heterocycles. The zero-order chi connectivity index (χ0) is 30.3. The number of hydrogen-bond acceptors (Lipinski definition) is 1. The third-order valence-corrected chi connectivity index (χ3v) is 13.9. The molecular formula is C39H30Cl2OP2Pd. The molecule has 1 nitrogen and oxygen atoms in total. The van der Waals surface area contributed by atoms with Gasteiger partial charge in [-0.05, 0) is 43.1 Å². The van der Waals surface area contributed by atoms with Gasteiger partial charge < -0.3 is 4.74 Å². The fourth-order valence-electron chi connectivity index (χ4n) is 6.12. The standard InChI is InChI=1S/C39H30Cl2OP2.Pd/c1-39(2)31-24-15-25-33(43(27-16-7-3-8-17-27)28-18-9-4-10-19-28)37(31)42-38-34(26-32(40)36(41)35(38)39)44(29-20-11-5-12-21-29)30-22-13-6-14-23-30;/h3-26H,1-2H3;. The summed E-state index contributed by atoms with van der Waals surface area (Å²) in [6, 6.07) is 51.5. The van der Waals surface area contributed by atoms with Crippen molar-refractivity contribution in [1.82, 2.24) is 0 Å². The summed E-state index contributed by atoms with van der Waals surface area (Å²) >= 11 is 14.1. The number of benzene rings is 6. The summed E-state index contributed by atoms with van der Waals surface area (Å²) < 4.78 is 7.25. The Morgan fingerprint density at radius 1 is 0.511 bits per heavy atom. The Hall–Kier alpha value is -2.78. The van der Waals surface area contributed by atoms with Crippen LogP contribution in [0.25, 0.3) is 0 Å². The molecule has 1 aliphatic rings. The Morgan fingerprint density at radius 3 is 1.38 bits per heavy atom. The van der Waals surface area contributed by atoms with Crippen LogP contribution in [0.15, 0.2) is 146 Å². The van der Waals surface area contributed by atoms with E-state index in [1.54, 1.807) is 0 Å². The zero-order valence-corrected chi connectivity index (χ0v) is 29.6. The summed E-state index contributed by atoms with van der Waals surface area (Å²) in [7, 11) is -1.89. The summed E-state index contributed by atoms with van der Waals surface area (Å²) in [4.78, 5) is 0. The molecule has 0 aliphatic carbocycles. The van der Waals surface area contributed by atoms with E-state index in [1.165, 1.54) is 26.5 Å². The summed E-state index contributed by atoms with van der Waals surface area (Å²) in [5.74, 6) is 1.73. The van der Waals surface area contributed by atoms with E-state index in [0.717, 1.165) is 27.9 Å². The first kappa shape index (κ1) is 32.2. The molecule has 0 unspecified atom stereocenters. The predicted octanol–water partition coefficient (Wildman–Crippen LogP) is 8.94. The second-order valence-electron chi connectivity index (χ2n) is 11.3. The van der Waals surface area contributed by atoms with Crippen LogP contribution in [-0.4, -0.2) is 0 Å². The third-order valence-electron chi connectivity index (χ3n) is 8.19. The van der Waals surface area contributed by atoms with Crippen LogP contribution in [0.2, 0.25) is 10.0 Å². The number of hydrogen-bond donors (Lipinski definition) is 0. The number of para-hydroxylation sites is 1. The zero-order valence-electron chi connectivity index (χ0n) is 24.7. The van der Waals surface area contributed by atoms with Gasteiger partial charge in [-0.1, -0.05) is 177 Å². The molecule has 6 aromatic rings. The minimum Gasteiger partial charge on any atom is -0.455 e. The first-order valence-electron chi connectivity index (χ1n) is 14.6. The van der Waals surface area contributed by atoms with Gasteiger partial charge >= 0.3 is 0 Å². The first-order valence-corrected chi connectivity index (χ1v) is 18.0. The van der Waals surface area contributed by atoms with Crippen LogP contribution >= 0.6 is 39.0 Å². The van der Waals surface area contributed by atoms with Crippen molar-refractivity contribution >= 4 is 70.9 Å². The molecule has 0 amide bonds. The Kier molecular flexibility index (Phi) is 9.67. The molecule has 0 spiro atoms. The van der Waals surface area contributed by atoms with E-state index < -0.39 is 21.3 Å². The van der Waals surface area contributed by atoms with Crippen molar-refractivity contribution in [2.45, 2.75) is 19.3 Å². The Morgan fingerprint density at radius 2 is 0.933 bits per heavy atom. The van der Waals surface area contributed by atoms with Crippen LogP contribution in [-0.2, 0) is 25.8 Å². The van der Waals surface area contributed by atoms with Crippen molar-refractivity contribution in [2.75, 3.05) is 0 Å². The van der Waals surface area contributed by atoms with Gasteiger partial charge in [-0.25, -0.2) is 0 Å². The van der Waals surface area contributed by atoms with Crippen molar-refractivity contribution in [3.05, 3.63) is 167 Å². The van der Waals surface area contributed by atoms with Gasteiger partial charge in [0.2, 0.25) is 0 Å². The van der Waals surface area contributed by atoms with Gasteiger partial charge in [0.15, 0.2) is 0 Å². The molecule has 7 rings (SSSR count). The molecule has 1 aliphatic heterocycles. The minimum absolute atomic E-state index is 0. The minimum atomic E-state index is -0.995. The van der Waals surface area contributed by atoms with E-state index >= 15 is 0 Å². The topological polar surface area (TPSA) is 9.23 Å². The van der Waals surface area contributed by atoms with E-state index in [2.05, 4.69) is 153 Å². The van der Waals surface area contributed by atoms with Gasteiger partial charge in [0.1, 0.15) is 11.5 Å². The Bertz CT molecular complexity index is 1860. The van der Waals surface area contributed by atoms with E-state index in [0.29, 0.717) is 10.0 Å². The van der Waals surface area contributed by atoms with Crippen LogP contribution < -0.4 is 36.6 Å². The SMILES string of the molecule is CC1(C)c2cccc(P(c3ccccc3)c3ccccc3)c2Oc2c(P(c3ccccc3)c3ccccc3)cc(Cl)c(Cl)c21.[Pd]. The van der Waals surface area contributed by atoms with Gasteiger partial charge in [-0.15, -0.1) is 0 Å². The Labute approximate surface area is 291 Å². The molecule has 1 heterocycles. The molecule has 0 radical (unpaired) electrons. The van der Waals surface area contributed by atoms with Crippen molar-refractivity contribution in [1.29, 1.82) is 0 Å². The van der Waals surface area contributed by atoms with Crippen LogP contribution in [0.4, 0.5) is 0 Å². The van der Waals surface area contributed by atoms with E-state index in [-0.39, 0.29) is 20.4 Å². The third kappa shape index (κ3) is 5.95. The molecule has 45 heavy (non-hydrogen) atoms. The number of fused-ring (bicyclic) bond motifs is 2. The largest absolute Gasteiger partial charge is 0.455 e. The first-order chi connectivity index (χ1) is 21.4. The number of ether oxygens (including phenoxy) is 1. The number of halogens is 2. The van der Waals surface area contributed by atoms with E-state index in [9.17, 15) is 0 Å². The van der Waals surface area contributed by atoms with Crippen molar-refractivity contribution < 1.29 is 25.2 Å². The summed E-state index contributed by atoms with van der Waals surface area (Å²) in [5, 5.41) is 8.37. The second kappa shape index (κ2) is 13.5. The molecule has 0 fully saturated rings. The second-order valence-corrected chi connectivity index (χ2v) is 16.4. The van der Waals surface area contributed by atoms with E-state index in [1.807, 2.05) is 6.07 Å². The van der Waals surface area contributed by atoms with Gasteiger partial charge in [-0.2, -0.15) is 0 Å². The smallest absolute Gasteiger partial charge is 0.141 e. The molecule has 0 saturated carbocycles. The maximum absolute atomic E-state index is 7.25. The van der Waals surface area contributed by atoms with Crippen molar-refractivity contribution in [2.24, 2.45) is 0 Å². The fourth-order valence-corrected chi connectivity index (χ4v) is 11.6. The Balaban J connectivity index is 0.00000357. The van der Waals surface area contributed by atoms with Gasteiger partial charge in [-0.3, -0.25) is 0 Å². The van der Waals surface area contributed by atoms with Gasteiger partial charge in [0.25, 0.3) is 0 Å². The van der Waals surface area contributed by atoms with Crippen LogP contribution in [0.5, 0.6) is 11.5 Å². The summed E-state index contributed by atoms with van der Waals surface area (Å²) in [5.41, 5.74) is 1.59. The fraction of sp³-hybridized carbons (Fsp3) is 0.0769. The van der Waals surface area contributed by atoms with E-state index in [4.69, 9.17) is 27.9 Å². The molecule has 0 N–H and O–H groups in total. The number of rotatable bonds is 6. The monoisotopic (exact) mass is 752 g/mol. The van der Waals surface area contributed by atoms with Crippen molar-refractivity contribution in [3.8, 4) is 11.5 Å². The van der Waals surface area contributed by atoms with Gasteiger partial charge in [0.05, 0.1) is 10.0 Å². The van der Waals surface area contributed by atoms with Crippen molar-refractivity contribution in [3.63, 3.8) is 0 Å². The maximum atomic E-state index is 7.25. The quantitative estimate of drug-likeness (QED) is 0.122. The average molecular weight is 754 g/mol. The van der Waals surface area contributed by atoms with Gasteiger partial charge in [0, 0.05) is 47.6 Å². The molecule has 226 valence electrons. The normalized spacial score (nSPS) is 13.0. The summed E-state index contributed by atoms with van der Waals surface area (Å²) in [6.45, 7) is 4.48. The van der Waals surface area contributed by atoms with Crippen LogP contribution in [0.1, 0.15) is 25.0 Å². The molecule has 6 aromatic carbocycles. The van der Waals surface area contributed by atoms with Crippen LogP contribution in [0, 0.1) is 0 Å². The maximum Gasteiger partial charge on any atom is 0.141 e. The molecule has 6 heteroatoms. The molecule has 0 bridgehead atoms. The average Bonchev–Trinajstić information content (AvgIpc) is 3.06. The summed E-state index contributed by atoms with van der Waals surface area (Å²) in [6.07, 6.45) is 0.